The Labute approximate surface area is 488 Å². The van der Waals surface area contributed by atoms with Gasteiger partial charge in [0.25, 0.3) is 0 Å². The van der Waals surface area contributed by atoms with E-state index in [0.717, 1.165) is 38.5 Å². The van der Waals surface area contributed by atoms with Gasteiger partial charge in [0.1, 0.15) is 12.2 Å². The molecule has 0 saturated heterocycles. The minimum Gasteiger partial charge on any atom is -0.394 e. The van der Waals surface area contributed by atoms with Crippen LogP contribution in [0.5, 0.6) is 0 Å². The van der Waals surface area contributed by atoms with Gasteiger partial charge in [0.2, 0.25) is 5.91 Å². The van der Waals surface area contributed by atoms with E-state index >= 15 is 0 Å². The Morgan fingerprint density at radius 1 is 0.308 bits per heavy atom. The van der Waals surface area contributed by atoms with Gasteiger partial charge in [0, 0.05) is 0 Å². The summed E-state index contributed by atoms with van der Waals surface area (Å²) >= 11 is 0. The van der Waals surface area contributed by atoms with Crippen LogP contribution in [0.1, 0.15) is 399 Å². The third-order valence-electron chi connectivity index (χ3n) is 17.1. The average Bonchev–Trinajstić information content (AvgIpc) is 3.44. The summed E-state index contributed by atoms with van der Waals surface area (Å²) in [5.41, 5.74) is 0. The van der Waals surface area contributed by atoms with Gasteiger partial charge in [-0.3, -0.25) is 4.79 Å². The monoisotopic (exact) mass is 1100 g/mol. The average molecular weight is 1100 g/mol. The molecule has 464 valence electrons. The van der Waals surface area contributed by atoms with Gasteiger partial charge in [0.05, 0.1) is 18.8 Å². The number of rotatable bonds is 67. The Kier molecular flexibility index (Phi) is 65.6. The first-order valence-corrected chi connectivity index (χ1v) is 35.7. The Morgan fingerprint density at radius 2 is 0.526 bits per heavy atom. The minimum absolute atomic E-state index is 0.366. The summed E-state index contributed by atoms with van der Waals surface area (Å²) in [6, 6.07) is -1.00. The molecule has 0 saturated carbocycles. The molecule has 6 nitrogen and oxygen atoms in total. The van der Waals surface area contributed by atoms with Gasteiger partial charge in [-0.05, 0) is 64.2 Å². The molecule has 0 heterocycles. The first kappa shape index (κ1) is 76.8. The Balaban J connectivity index is 3.55. The highest BCUT2D eigenvalue weighted by atomic mass is 16.3. The van der Waals surface area contributed by atoms with Crippen molar-refractivity contribution >= 4 is 5.91 Å². The lowest BCUT2D eigenvalue weighted by atomic mass is 10.00. The number of aliphatic hydroxyl groups excluding tert-OH is 4. The van der Waals surface area contributed by atoms with Crippen molar-refractivity contribution in [3.63, 3.8) is 0 Å². The van der Waals surface area contributed by atoms with Crippen LogP contribution in [0.15, 0.2) is 24.3 Å². The first-order valence-electron chi connectivity index (χ1n) is 35.7. The van der Waals surface area contributed by atoms with Crippen LogP contribution in [0.25, 0.3) is 0 Å². The van der Waals surface area contributed by atoms with Gasteiger partial charge in [-0.1, -0.05) is 359 Å². The molecule has 1 amide bonds. The van der Waals surface area contributed by atoms with Crippen LogP contribution in [-0.2, 0) is 4.79 Å². The number of carbonyl (C=O) groups excluding carboxylic acids is 1. The maximum Gasteiger partial charge on any atom is 0.249 e. The molecule has 0 aromatic heterocycles. The van der Waals surface area contributed by atoms with Crippen molar-refractivity contribution in [2.75, 3.05) is 6.61 Å². The molecule has 4 atom stereocenters. The molecule has 0 spiro atoms. The van der Waals surface area contributed by atoms with E-state index < -0.39 is 36.9 Å². The third-order valence-corrected chi connectivity index (χ3v) is 17.1. The van der Waals surface area contributed by atoms with E-state index in [1.54, 1.807) is 0 Å². The largest absolute Gasteiger partial charge is 0.394 e. The zero-order chi connectivity index (χ0) is 56.6. The molecule has 0 rings (SSSR count). The quantitative estimate of drug-likeness (QED) is 0.0308. The summed E-state index contributed by atoms with van der Waals surface area (Å²) in [7, 11) is 0. The first-order chi connectivity index (χ1) is 38.5. The molecule has 0 bridgehead atoms. The van der Waals surface area contributed by atoms with E-state index in [4.69, 9.17) is 0 Å². The molecular weight excluding hydrogens is 959 g/mol. The zero-order valence-corrected chi connectivity index (χ0v) is 52.9. The lowest BCUT2D eigenvalue weighted by molar-refractivity contribution is -0.132. The van der Waals surface area contributed by atoms with E-state index in [-0.39, 0.29) is 0 Å². The SMILES string of the molecule is CCCCCCCCCCCCCC/C=C\CCCCCCCCCCCCCCCCCC(O)C(=O)NC(CO)C(O)C(O)CCC/C=C/CCCCCCCCCCCCCCCCCCCCCCCCCCCC. The van der Waals surface area contributed by atoms with Crippen LogP contribution in [0.2, 0.25) is 0 Å². The molecule has 0 aliphatic heterocycles. The van der Waals surface area contributed by atoms with Gasteiger partial charge in [-0.2, -0.15) is 0 Å². The molecule has 6 heteroatoms. The van der Waals surface area contributed by atoms with Crippen molar-refractivity contribution in [3.05, 3.63) is 24.3 Å². The van der Waals surface area contributed by atoms with Crippen LogP contribution >= 0.6 is 0 Å². The zero-order valence-electron chi connectivity index (χ0n) is 52.9. The highest BCUT2D eigenvalue weighted by molar-refractivity contribution is 5.80. The fourth-order valence-electron chi connectivity index (χ4n) is 11.6. The van der Waals surface area contributed by atoms with Crippen molar-refractivity contribution in [1.29, 1.82) is 0 Å². The smallest absolute Gasteiger partial charge is 0.249 e. The van der Waals surface area contributed by atoms with Gasteiger partial charge < -0.3 is 25.7 Å². The molecule has 0 aliphatic rings. The van der Waals surface area contributed by atoms with E-state index in [9.17, 15) is 25.2 Å². The van der Waals surface area contributed by atoms with Crippen molar-refractivity contribution < 1.29 is 25.2 Å². The maximum absolute atomic E-state index is 12.7. The number of carbonyl (C=O) groups is 1. The second-order valence-electron chi connectivity index (χ2n) is 24.9. The Bertz CT molecular complexity index is 1190. The summed E-state index contributed by atoms with van der Waals surface area (Å²) < 4.78 is 0. The van der Waals surface area contributed by atoms with Crippen molar-refractivity contribution in [2.45, 2.75) is 423 Å². The molecule has 0 fully saturated rings. The second-order valence-corrected chi connectivity index (χ2v) is 24.9. The summed E-state index contributed by atoms with van der Waals surface area (Å²) in [6.07, 6.45) is 84.6. The lowest BCUT2D eigenvalue weighted by Crippen LogP contribution is -2.53. The highest BCUT2D eigenvalue weighted by Gasteiger charge is 2.28. The molecule has 78 heavy (non-hydrogen) atoms. The number of allylic oxidation sites excluding steroid dienone is 4. The van der Waals surface area contributed by atoms with E-state index in [2.05, 4.69) is 43.5 Å². The van der Waals surface area contributed by atoms with Gasteiger partial charge >= 0.3 is 0 Å². The summed E-state index contributed by atoms with van der Waals surface area (Å²) in [5.74, 6) is -0.586. The van der Waals surface area contributed by atoms with Crippen molar-refractivity contribution in [1.82, 2.24) is 5.32 Å². The topological polar surface area (TPSA) is 110 Å². The Hall–Kier alpha value is -1.21. The molecule has 0 radical (unpaired) electrons. The maximum atomic E-state index is 12.7. The predicted octanol–water partition coefficient (Wildman–Crippen LogP) is 22.1. The molecule has 0 aromatic carbocycles. The molecule has 0 aliphatic carbocycles. The summed E-state index contributed by atoms with van der Waals surface area (Å²) in [6.45, 7) is 4.10. The minimum atomic E-state index is -1.28. The molecule has 0 aromatic rings. The van der Waals surface area contributed by atoms with Crippen LogP contribution in [0.3, 0.4) is 0 Å². The highest BCUT2D eigenvalue weighted by Crippen LogP contribution is 2.19. The van der Waals surface area contributed by atoms with E-state index in [1.165, 1.54) is 334 Å². The fraction of sp³-hybridized carbons (Fsp3) is 0.931. The van der Waals surface area contributed by atoms with Crippen LogP contribution < -0.4 is 5.32 Å². The standard InChI is InChI=1S/C72H141NO5/c1-3-5-7-9-11-13-15-17-19-21-23-25-27-29-31-33-35-37-39-41-43-45-47-49-51-53-55-57-59-61-63-65-69(75)71(77)68(67-74)73-72(78)70(76)66-64-62-60-58-56-54-52-50-48-46-44-42-40-38-36-34-32-30-28-26-24-22-20-18-16-14-12-10-8-6-4-2/h30,32,57,59,68-71,74-77H,3-29,31,33-56,58,60-67H2,1-2H3,(H,73,78)/b32-30-,59-57+. The number of hydrogen-bond donors (Lipinski definition) is 5. The molecule has 5 N–H and O–H groups in total. The normalized spacial score (nSPS) is 13.6. The summed E-state index contributed by atoms with van der Waals surface area (Å²) in [5, 5.41) is 44.2. The van der Waals surface area contributed by atoms with Gasteiger partial charge in [-0.15, -0.1) is 0 Å². The Morgan fingerprint density at radius 3 is 0.769 bits per heavy atom. The number of aliphatic hydroxyl groups is 4. The molecular formula is C72H141NO5. The third kappa shape index (κ3) is 59.4. The van der Waals surface area contributed by atoms with Crippen LogP contribution in [0, 0.1) is 0 Å². The van der Waals surface area contributed by atoms with E-state index in [1.807, 2.05) is 0 Å². The van der Waals surface area contributed by atoms with Crippen LogP contribution in [0.4, 0.5) is 0 Å². The number of nitrogens with one attached hydrogen (secondary N) is 1. The fourth-order valence-corrected chi connectivity index (χ4v) is 11.6. The summed E-state index contributed by atoms with van der Waals surface area (Å²) in [4.78, 5) is 12.7. The van der Waals surface area contributed by atoms with Crippen molar-refractivity contribution in [3.8, 4) is 0 Å². The van der Waals surface area contributed by atoms with E-state index in [0.29, 0.717) is 12.8 Å². The van der Waals surface area contributed by atoms with Gasteiger partial charge in [-0.25, -0.2) is 0 Å². The number of unbranched alkanes of at least 4 members (excludes halogenated alkanes) is 54. The number of hydrogen-bond acceptors (Lipinski definition) is 5. The van der Waals surface area contributed by atoms with Gasteiger partial charge in [0.15, 0.2) is 0 Å². The second kappa shape index (κ2) is 66.6. The number of amides is 1. The lowest BCUT2D eigenvalue weighted by Gasteiger charge is -2.27. The van der Waals surface area contributed by atoms with Crippen molar-refractivity contribution in [2.24, 2.45) is 0 Å². The van der Waals surface area contributed by atoms with Crippen LogP contribution in [-0.4, -0.2) is 57.3 Å². The predicted molar refractivity (Wildman–Crippen MR) is 344 cm³/mol. The molecule has 4 unspecified atom stereocenters.